The van der Waals surface area contributed by atoms with Crippen LogP contribution >= 0.6 is 0 Å². The molecule has 3 heteroatoms. The van der Waals surface area contributed by atoms with Crippen LogP contribution in [0.25, 0.3) is 0 Å². The van der Waals surface area contributed by atoms with E-state index in [-0.39, 0.29) is 5.54 Å². The van der Waals surface area contributed by atoms with Crippen LogP contribution in [0.5, 0.6) is 0 Å². The van der Waals surface area contributed by atoms with Gasteiger partial charge in [0, 0.05) is 23.7 Å². The fraction of sp³-hybridized carbons (Fsp3) is 0.765. The van der Waals surface area contributed by atoms with Gasteiger partial charge in [0.2, 0.25) is 0 Å². The Morgan fingerprint density at radius 1 is 1.25 bits per heavy atom. The molecule has 0 aliphatic carbocycles. The molecular formula is C17H32N2O. The predicted octanol–water partition coefficient (Wildman–Crippen LogP) is 3.95. The Morgan fingerprint density at radius 3 is 2.35 bits per heavy atom. The van der Waals surface area contributed by atoms with Crippen molar-refractivity contribution in [2.45, 2.75) is 73.1 Å². The Bertz CT molecular complexity index is 415. The van der Waals surface area contributed by atoms with Crippen molar-refractivity contribution in [2.24, 2.45) is 5.92 Å². The van der Waals surface area contributed by atoms with Crippen LogP contribution in [0.3, 0.4) is 0 Å². The van der Waals surface area contributed by atoms with Gasteiger partial charge in [-0.15, -0.1) is 0 Å². The number of aryl methyl sites for hydroxylation is 1. The minimum atomic E-state index is 0.115. The van der Waals surface area contributed by atoms with E-state index < -0.39 is 0 Å². The molecule has 0 fully saturated rings. The summed E-state index contributed by atoms with van der Waals surface area (Å²) in [7, 11) is 2.18. The number of hydrogen-bond donors (Lipinski definition) is 1. The first kappa shape index (κ1) is 17.3. The second-order valence-corrected chi connectivity index (χ2v) is 7.30. The molecule has 0 aliphatic heterocycles. The first-order valence-electron chi connectivity index (χ1n) is 7.63. The van der Waals surface area contributed by atoms with Gasteiger partial charge >= 0.3 is 0 Å². The van der Waals surface area contributed by atoms with Gasteiger partial charge in [0.1, 0.15) is 11.5 Å². The van der Waals surface area contributed by atoms with E-state index in [1.165, 1.54) is 5.56 Å². The number of furan rings is 1. The molecular weight excluding hydrogens is 248 g/mol. The average molecular weight is 280 g/mol. The Morgan fingerprint density at radius 2 is 1.85 bits per heavy atom. The van der Waals surface area contributed by atoms with E-state index in [1.54, 1.807) is 0 Å². The summed E-state index contributed by atoms with van der Waals surface area (Å²) in [5.74, 6) is 2.73. The molecule has 0 spiro atoms. The fourth-order valence-corrected chi connectivity index (χ4v) is 2.11. The SMILES string of the molecule is Cc1oc(CNC(C)(C)C)cc1CN(C)C(C)C(C)C. The van der Waals surface area contributed by atoms with Gasteiger partial charge in [-0.2, -0.15) is 0 Å². The number of nitrogens with zero attached hydrogens (tertiary/aromatic N) is 1. The van der Waals surface area contributed by atoms with Crippen LogP contribution < -0.4 is 5.32 Å². The summed E-state index contributed by atoms with van der Waals surface area (Å²) in [6, 6.07) is 2.76. The third kappa shape index (κ3) is 5.29. The van der Waals surface area contributed by atoms with E-state index in [2.05, 4.69) is 71.8 Å². The van der Waals surface area contributed by atoms with Crippen molar-refractivity contribution in [3.63, 3.8) is 0 Å². The molecule has 1 aromatic heterocycles. The molecule has 0 bridgehead atoms. The summed E-state index contributed by atoms with van der Waals surface area (Å²) in [5.41, 5.74) is 1.41. The smallest absolute Gasteiger partial charge is 0.118 e. The largest absolute Gasteiger partial charge is 0.465 e. The predicted molar refractivity (Wildman–Crippen MR) is 85.8 cm³/mol. The molecule has 116 valence electrons. The van der Waals surface area contributed by atoms with Crippen molar-refractivity contribution in [1.29, 1.82) is 0 Å². The maximum absolute atomic E-state index is 5.86. The van der Waals surface area contributed by atoms with Gasteiger partial charge in [-0.3, -0.25) is 4.90 Å². The Hall–Kier alpha value is -0.800. The van der Waals surface area contributed by atoms with Crippen molar-refractivity contribution >= 4 is 0 Å². The van der Waals surface area contributed by atoms with E-state index in [9.17, 15) is 0 Å². The maximum atomic E-state index is 5.86. The van der Waals surface area contributed by atoms with Crippen LogP contribution in [-0.4, -0.2) is 23.5 Å². The number of nitrogens with one attached hydrogen (secondary N) is 1. The molecule has 0 saturated heterocycles. The highest BCUT2D eigenvalue weighted by Crippen LogP contribution is 2.19. The summed E-state index contributed by atoms with van der Waals surface area (Å²) in [6.45, 7) is 17.1. The molecule has 1 aromatic rings. The summed E-state index contributed by atoms with van der Waals surface area (Å²) < 4.78 is 5.86. The molecule has 1 heterocycles. The lowest BCUT2D eigenvalue weighted by Gasteiger charge is -2.27. The fourth-order valence-electron chi connectivity index (χ4n) is 2.11. The first-order valence-corrected chi connectivity index (χ1v) is 7.63. The summed E-state index contributed by atoms with van der Waals surface area (Å²) in [6.07, 6.45) is 0. The van der Waals surface area contributed by atoms with Crippen molar-refractivity contribution in [3.8, 4) is 0 Å². The van der Waals surface area contributed by atoms with E-state index in [0.29, 0.717) is 12.0 Å². The van der Waals surface area contributed by atoms with Crippen molar-refractivity contribution in [3.05, 3.63) is 23.2 Å². The minimum absolute atomic E-state index is 0.115. The molecule has 1 N–H and O–H groups in total. The van der Waals surface area contributed by atoms with Gasteiger partial charge in [0.15, 0.2) is 0 Å². The number of rotatable bonds is 6. The van der Waals surface area contributed by atoms with Gasteiger partial charge in [-0.25, -0.2) is 0 Å². The summed E-state index contributed by atoms with van der Waals surface area (Å²) >= 11 is 0. The molecule has 3 nitrogen and oxygen atoms in total. The van der Waals surface area contributed by atoms with Gasteiger partial charge in [0.05, 0.1) is 6.54 Å². The van der Waals surface area contributed by atoms with Crippen LogP contribution in [-0.2, 0) is 13.1 Å². The Balaban J connectivity index is 2.66. The van der Waals surface area contributed by atoms with Crippen LogP contribution in [0.15, 0.2) is 10.5 Å². The highest BCUT2D eigenvalue weighted by Gasteiger charge is 2.17. The zero-order chi connectivity index (χ0) is 15.5. The molecule has 1 atom stereocenters. The van der Waals surface area contributed by atoms with E-state index in [1.807, 2.05) is 0 Å². The average Bonchev–Trinajstić information content (AvgIpc) is 2.65. The second-order valence-electron chi connectivity index (χ2n) is 7.30. The standard InChI is InChI=1S/C17H32N2O/c1-12(2)13(3)19(8)11-15-9-16(20-14(15)4)10-18-17(5,6)7/h9,12-13,18H,10-11H2,1-8H3. The lowest BCUT2D eigenvalue weighted by molar-refractivity contribution is 0.199. The molecule has 1 rings (SSSR count). The van der Waals surface area contributed by atoms with Crippen molar-refractivity contribution < 1.29 is 4.42 Å². The van der Waals surface area contributed by atoms with Crippen LogP contribution in [0.2, 0.25) is 0 Å². The van der Waals surface area contributed by atoms with Gasteiger partial charge < -0.3 is 9.73 Å². The lowest BCUT2D eigenvalue weighted by Crippen LogP contribution is -2.34. The molecule has 0 amide bonds. The first-order chi connectivity index (χ1) is 9.10. The zero-order valence-electron chi connectivity index (χ0n) is 14.5. The zero-order valence-corrected chi connectivity index (χ0v) is 14.5. The van der Waals surface area contributed by atoms with Gasteiger partial charge in [-0.1, -0.05) is 13.8 Å². The van der Waals surface area contributed by atoms with Gasteiger partial charge in [-0.05, 0) is 53.7 Å². The van der Waals surface area contributed by atoms with Crippen LogP contribution in [0.4, 0.5) is 0 Å². The Kier molecular flexibility index (Phi) is 5.84. The second kappa shape index (κ2) is 6.77. The molecule has 1 unspecified atom stereocenters. The third-order valence-electron chi connectivity index (χ3n) is 3.94. The monoisotopic (exact) mass is 280 g/mol. The normalized spacial score (nSPS) is 14.3. The topological polar surface area (TPSA) is 28.4 Å². The minimum Gasteiger partial charge on any atom is -0.465 e. The summed E-state index contributed by atoms with van der Waals surface area (Å²) in [5, 5.41) is 3.47. The third-order valence-corrected chi connectivity index (χ3v) is 3.94. The van der Waals surface area contributed by atoms with E-state index in [4.69, 9.17) is 4.42 Å². The molecule has 0 saturated carbocycles. The number of hydrogen-bond acceptors (Lipinski definition) is 3. The molecule has 0 aliphatic rings. The van der Waals surface area contributed by atoms with E-state index >= 15 is 0 Å². The highest BCUT2D eigenvalue weighted by atomic mass is 16.3. The highest BCUT2D eigenvalue weighted by molar-refractivity contribution is 5.21. The molecule has 20 heavy (non-hydrogen) atoms. The van der Waals surface area contributed by atoms with Crippen LogP contribution in [0.1, 0.15) is 58.6 Å². The quantitative estimate of drug-likeness (QED) is 0.855. The Labute approximate surface area is 124 Å². The van der Waals surface area contributed by atoms with Crippen LogP contribution in [0, 0.1) is 12.8 Å². The molecule has 0 aromatic carbocycles. The lowest BCUT2D eigenvalue weighted by atomic mass is 10.0. The maximum Gasteiger partial charge on any atom is 0.118 e. The van der Waals surface area contributed by atoms with E-state index in [0.717, 1.165) is 24.6 Å². The van der Waals surface area contributed by atoms with Crippen molar-refractivity contribution in [2.75, 3.05) is 7.05 Å². The van der Waals surface area contributed by atoms with Gasteiger partial charge in [0.25, 0.3) is 0 Å². The molecule has 0 radical (unpaired) electrons. The summed E-state index contributed by atoms with van der Waals surface area (Å²) in [4.78, 5) is 2.39. The van der Waals surface area contributed by atoms with Crippen molar-refractivity contribution in [1.82, 2.24) is 10.2 Å².